The van der Waals surface area contributed by atoms with Gasteiger partial charge in [-0.25, -0.2) is 0 Å². The summed E-state index contributed by atoms with van der Waals surface area (Å²) in [4.78, 5) is 0. The highest BCUT2D eigenvalue weighted by atomic mass is 16.7. The standard InChI is InChI=1S/C22H28O6/c1-14(8-15-6-7-17-18(9-15)28-13-27-17)22(2,23)12-16-10-19(24-3)21(26-5)20(11-16)25-4/h6-7,9-11,14,23H,8,12-13H2,1-5H3/t14-,22-/m0/s1. The summed E-state index contributed by atoms with van der Waals surface area (Å²) in [7, 11) is 4.74. The lowest BCUT2D eigenvalue weighted by Gasteiger charge is -2.31. The van der Waals surface area contributed by atoms with Gasteiger partial charge < -0.3 is 28.8 Å². The Balaban J connectivity index is 1.77. The summed E-state index contributed by atoms with van der Waals surface area (Å²) in [5.74, 6) is 3.23. The van der Waals surface area contributed by atoms with Crippen LogP contribution < -0.4 is 23.7 Å². The maximum Gasteiger partial charge on any atom is 0.231 e. The molecule has 0 amide bonds. The number of methoxy groups -OCH3 is 3. The Morgan fingerprint density at radius 2 is 1.61 bits per heavy atom. The minimum atomic E-state index is -0.930. The Kier molecular flexibility index (Phi) is 5.89. The molecule has 28 heavy (non-hydrogen) atoms. The zero-order chi connectivity index (χ0) is 20.3. The molecule has 0 saturated carbocycles. The molecule has 0 aromatic heterocycles. The van der Waals surface area contributed by atoms with Crippen molar-refractivity contribution >= 4 is 0 Å². The minimum absolute atomic E-state index is 0.00645. The molecule has 0 unspecified atom stereocenters. The van der Waals surface area contributed by atoms with Crippen molar-refractivity contribution in [2.45, 2.75) is 32.3 Å². The van der Waals surface area contributed by atoms with Crippen molar-refractivity contribution in [1.29, 1.82) is 0 Å². The van der Waals surface area contributed by atoms with Crippen LogP contribution in [0.5, 0.6) is 28.7 Å². The summed E-state index contributed by atoms with van der Waals surface area (Å²) < 4.78 is 27.0. The quantitative estimate of drug-likeness (QED) is 0.745. The van der Waals surface area contributed by atoms with Crippen LogP contribution in [0.25, 0.3) is 0 Å². The molecule has 1 N–H and O–H groups in total. The van der Waals surface area contributed by atoms with Crippen LogP contribution in [0.4, 0.5) is 0 Å². The smallest absolute Gasteiger partial charge is 0.231 e. The fourth-order valence-electron chi connectivity index (χ4n) is 3.47. The first-order valence-corrected chi connectivity index (χ1v) is 9.27. The summed E-state index contributed by atoms with van der Waals surface area (Å²) in [6.45, 7) is 4.16. The van der Waals surface area contributed by atoms with Gasteiger partial charge in [-0.1, -0.05) is 13.0 Å². The Morgan fingerprint density at radius 3 is 2.21 bits per heavy atom. The van der Waals surface area contributed by atoms with E-state index in [1.54, 1.807) is 21.3 Å². The predicted octanol–water partition coefficient (Wildman–Crippen LogP) is 3.61. The van der Waals surface area contributed by atoms with E-state index >= 15 is 0 Å². The molecule has 1 aliphatic heterocycles. The van der Waals surface area contributed by atoms with Gasteiger partial charge in [0, 0.05) is 6.42 Å². The average molecular weight is 388 g/mol. The second kappa shape index (κ2) is 8.19. The molecule has 6 heteroatoms. The molecular formula is C22H28O6. The maximum absolute atomic E-state index is 11.2. The second-order valence-electron chi connectivity index (χ2n) is 7.36. The number of ether oxygens (including phenoxy) is 5. The number of aliphatic hydroxyl groups is 1. The molecule has 1 aliphatic rings. The zero-order valence-corrected chi connectivity index (χ0v) is 17.1. The lowest BCUT2D eigenvalue weighted by atomic mass is 9.81. The van der Waals surface area contributed by atoms with Crippen molar-refractivity contribution in [1.82, 2.24) is 0 Å². The van der Waals surface area contributed by atoms with E-state index in [2.05, 4.69) is 0 Å². The second-order valence-corrected chi connectivity index (χ2v) is 7.36. The van der Waals surface area contributed by atoms with E-state index in [1.165, 1.54) is 0 Å². The highest BCUT2D eigenvalue weighted by Gasteiger charge is 2.30. The molecular weight excluding hydrogens is 360 g/mol. The molecule has 3 rings (SSSR count). The molecule has 2 atom stereocenters. The van der Waals surface area contributed by atoms with Gasteiger partial charge in [-0.05, 0) is 54.7 Å². The van der Waals surface area contributed by atoms with Gasteiger partial charge >= 0.3 is 0 Å². The molecule has 2 aromatic carbocycles. The zero-order valence-electron chi connectivity index (χ0n) is 17.1. The van der Waals surface area contributed by atoms with Crippen molar-refractivity contribution in [2.24, 2.45) is 5.92 Å². The lowest BCUT2D eigenvalue weighted by Crippen LogP contribution is -2.36. The molecule has 0 saturated heterocycles. The summed E-state index contributed by atoms with van der Waals surface area (Å²) >= 11 is 0. The monoisotopic (exact) mass is 388 g/mol. The van der Waals surface area contributed by atoms with E-state index in [4.69, 9.17) is 23.7 Å². The van der Waals surface area contributed by atoms with Crippen molar-refractivity contribution in [3.8, 4) is 28.7 Å². The van der Waals surface area contributed by atoms with E-state index in [1.807, 2.05) is 44.2 Å². The third kappa shape index (κ3) is 4.12. The first-order valence-electron chi connectivity index (χ1n) is 9.27. The van der Waals surface area contributed by atoms with Gasteiger partial charge in [0.15, 0.2) is 23.0 Å². The van der Waals surface area contributed by atoms with Gasteiger partial charge in [0.05, 0.1) is 26.9 Å². The summed E-state index contributed by atoms with van der Waals surface area (Å²) in [6, 6.07) is 9.67. The van der Waals surface area contributed by atoms with E-state index < -0.39 is 5.60 Å². The largest absolute Gasteiger partial charge is 0.493 e. The van der Waals surface area contributed by atoms with Crippen LogP contribution in [0.1, 0.15) is 25.0 Å². The van der Waals surface area contributed by atoms with Crippen LogP contribution in [0.15, 0.2) is 30.3 Å². The normalized spacial score (nSPS) is 15.6. The summed E-state index contributed by atoms with van der Waals surface area (Å²) in [5.41, 5.74) is 1.08. The number of benzene rings is 2. The topological polar surface area (TPSA) is 66.4 Å². The fourth-order valence-corrected chi connectivity index (χ4v) is 3.47. The first-order chi connectivity index (χ1) is 13.4. The number of rotatable bonds is 8. The van der Waals surface area contributed by atoms with Gasteiger partial charge in [-0.2, -0.15) is 0 Å². The molecule has 0 bridgehead atoms. The molecule has 0 spiro atoms. The van der Waals surface area contributed by atoms with Crippen molar-refractivity contribution in [2.75, 3.05) is 28.1 Å². The van der Waals surface area contributed by atoms with Gasteiger partial charge in [0.25, 0.3) is 0 Å². The lowest BCUT2D eigenvalue weighted by molar-refractivity contribution is 0.00662. The van der Waals surface area contributed by atoms with Crippen LogP contribution in [0.3, 0.4) is 0 Å². The van der Waals surface area contributed by atoms with Crippen LogP contribution in [-0.2, 0) is 12.8 Å². The third-order valence-corrected chi connectivity index (χ3v) is 5.33. The van der Waals surface area contributed by atoms with Gasteiger partial charge in [0.1, 0.15) is 0 Å². The van der Waals surface area contributed by atoms with Crippen molar-refractivity contribution in [3.05, 3.63) is 41.5 Å². The van der Waals surface area contributed by atoms with Gasteiger partial charge in [-0.15, -0.1) is 0 Å². The molecule has 6 nitrogen and oxygen atoms in total. The minimum Gasteiger partial charge on any atom is -0.493 e. The Labute approximate surface area is 165 Å². The van der Waals surface area contributed by atoms with E-state index in [0.29, 0.717) is 30.1 Å². The third-order valence-electron chi connectivity index (χ3n) is 5.33. The number of hydrogen-bond acceptors (Lipinski definition) is 6. The van der Waals surface area contributed by atoms with E-state index in [0.717, 1.165) is 22.6 Å². The highest BCUT2D eigenvalue weighted by molar-refractivity contribution is 5.54. The molecule has 152 valence electrons. The van der Waals surface area contributed by atoms with Crippen molar-refractivity contribution in [3.63, 3.8) is 0 Å². The van der Waals surface area contributed by atoms with Gasteiger partial charge in [-0.3, -0.25) is 0 Å². The molecule has 0 aliphatic carbocycles. The average Bonchev–Trinajstić information content (AvgIpc) is 3.14. The van der Waals surface area contributed by atoms with Crippen LogP contribution in [-0.4, -0.2) is 38.8 Å². The molecule has 0 fully saturated rings. The summed E-state index contributed by atoms with van der Waals surface area (Å²) in [5, 5.41) is 11.2. The SMILES string of the molecule is COc1cc(C[C@](C)(O)[C@@H](C)Cc2ccc3c(c2)OCO3)cc(OC)c1OC. The van der Waals surface area contributed by atoms with E-state index in [-0.39, 0.29) is 12.7 Å². The number of hydrogen-bond donors (Lipinski definition) is 1. The molecule has 0 radical (unpaired) electrons. The van der Waals surface area contributed by atoms with Crippen LogP contribution >= 0.6 is 0 Å². The van der Waals surface area contributed by atoms with Crippen molar-refractivity contribution < 1.29 is 28.8 Å². The van der Waals surface area contributed by atoms with Crippen LogP contribution in [0, 0.1) is 5.92 Å². The van der Waals surface area contributed by atoms with E-state index in [9.17, 15) is 5.11 Å². The highest BCUT2D eigenvalue weighted by Crippen LogP contribution is 2.40. The first kappa shape index (κ1) is 20.1. The fraction of sp³-hybridized carbons (Fsp3) is 0.455. The molecule has 1 heterocycles. The maximum atomic E-state index is 11.2. The van der Waals surface area contributed by atoms with Gasteiger partial charge in [0.2, 0.25) is 12.5 Å². The predicted molar refractivity (Wildman–Crippen MR) is 106 cm³/mol. The number of fused-ring (bicyclic) bond motifs is 1. The summed E-state index contributed by atoms with van der Waals surface area (Å²) in [6.07, 6.45) is 1.17. The van der Waals surface area contributed by atoms with Crippen LogP contribution in [0.2, 0.25) is 0 Å². The molecule has 2 aromatic rings. The Bertz CT molecular complexity index is 805. The Morgan fingerprint density at radius 1 is 0.964 bits per heavy atom. The Hall–Kier alpha value is -2.60.